The Morgan fingerprint density at radius 3 is 2.53 bits per heavy atom. The summed E-state index contributed by atoms with van der Waals surface area (Å²) in [7, 11) is 0. The van der Waals surface area contributed by atoms with Crippen LogP contribution in [0.25, 0.3) is 0 Å². The van der Waals surface area contributed by atoms with Gasteiger partial charge in [-0.3, -0.25) is 0 Å². The summed E-state index contributed by atoms with van der Waals surface area (Å²) >= 11 is 0. The van der Waals surface area contributed by atoms with Crippen LogP contribution in [0.5, 0.6) is 0 Å². The molecule has 2 aliphatic heterocycles. The van der Waals surface area contributed by atoms with Gasteiger partial charge in [0.15, 0.2) is 0 Å². The summed E-state index contributed by atoms with van der Waals surface area (Å²) in [5.41, 5.74) is 0. The fourth-order valence-electron chi connectivity index (χ4n) is 3.09. The van der Waals surface area contributed by atoms with Gasteiger partial charge in [-0.15, -0.1) is 0 Å². The SMILES string of the molecule is CCC(C)NCCC1CC2CCC(C1)N2. The van der Waals surface area contributed by atoms with E-state index in [9.17, 15) is 0 Å². The number of rotatable bonds is 5. The molecule has 2 fully saturated rings. The summed E-state index contributed by atoms with van der Waals surface area (Å²) in [6.07, 6.45) is 8.35. The third kappa shape index (κ3) is 3.18. The second kappa shape index (κ2) is 5.31. The summed E-state index contributed by atoms with van der Waals surface area (Å²) in [6.45, 7) is 5.76. The summed E-state index contributed by atoms with van der Waals surface area (Å²) in [6, 6.07) is 2.41. The average Bonchev–Trinajstić information content (AvgIpc) is 2.58. The van der Waals surface area contributed by atoms with Crippen molar-refractivity contribution in [3.05, 3.63) is 0 Å². The molecule has 0 aliphatic carbocycles. The van der Waals surface area contributed by atoms with Gasteiger partial charge in [-0.2, -0.15) is 0 Å². The van der Waals surface area contributed by atoms with E-state index in [2.05, 4.69) is 24.5 Å². The monoisotopic (exact) mass is 210 g/mol. The molecule has 3 unspecified atom stereocenters. The van der Waals surface area contributed by atoms with Crippen molar-refractivity contribution < 1.29 is 0 Å². The second-order valence-corrected chi connectivity index (χ2v) is 5.53. The van der Waals surface area contributed by atoms with Crippen molar-refractivity contribution in [2.24, 2.45) is 5.92 Å². The maximum Gasteiger partial charge on any atom is 0.00728 e. The summed E-state index contributed by atoms with van der Waals surface area (Å²) in [5, 5.41) is 7.32. The number of hydrogen-bond acceptors (Lipinski definition) is 2. The molecular formula is C13H26N2. The first-order valence-corrected chi connectivity index (χ1v) is 6.77. The molecule has 2 N–H and O–H groups in total. The highest BCUT2D eigenvalue weighted by molar-refractivity contribution is 4.91. The zero-order chi connectivity index (χ0) is 10.7. The van der Waals surface area contributed by atoms with Gasteiger partial charge in [0.25, 0.3) is 0 Å². The first-order valence-electron chi connectivity index (χ1n) is 6.77. The molecule has 88 valence electrons. The van der Waals surface area contributed by atoms with E-state index in [1.165, 1.54) is 45.1 Å². The largest absolute Gasteiger partial charge is 0.314 e. The molecule has 0 aromatic heterocycles. The maximum absolute atomic E-state index is 3.71. The zero-order valence-electron chi connectivity index (χ0n) is 10.3. The van der Waals surface area contributed by atoms with E-state index in [4.69, 9.17) is 0 Å². The van der Waals surface area contributed by atoms with E-state index in [1.807, 2.05) is 0 Å². The summed E-state index contributed by atoms with van der Waals surface area (Å²) in [4.78, 5) is 0. The van der Waals surface area contributed by atoms with Crippen LogP contribution in [0.1, 0.15) is 52.4 Å². The lowest BCUT2D eigenvalue weighted by molar-refractivity contribution is 0.280. The molecule has 2 nitrogen and oxygen atoms in total. The van der Waals surface area contributed by atoms with Crippen LogP contribution in [-0.2, 0) is 0 Å². The smallest absolute Gasteiger partial charge is 0.00728 e. The van der Waals surface area contributed by atoms with E-state index in [0.29, 0.717) is 6.04 Å². The Balaban J connectivity index is 1.63. The lowest BCUT2D eigenvalue weighted by Crippen LogP contribution is -2.39. The molecule has 0 amide bonds. The summed E-state index contributed by atoms with van der Waals surface area (Å²) in [5.74, 6) is 0.986. The molecule has 2 saturated heterocycles. The molecule has 0 spiro atoms. The normalized spacial score (nSPS) is 36.8. The van der Waals surface area contributed by atoms with Gasteiger partial charge >= 0.3 is 0 Å². The van der Waals surface area contributed by atoms with Crippen LogP contribution in [0.4, 0.5) is 0 Å². The van der Waals surface area contributed by atoms with Gasteiger partial charge in [-0.25, -0.2) is 0 Å². The Labute approximate surface area is 94.2 Å². The van der Waals surface area contributed by atoms with Crippen LogP contribution in [-0.4, -0.2) is 24.7 Å². The molecule has 2 heterocycles. The lowest BCUT2D eigenvalue weighted by Gasteiger charge is -2.29. The molecule has 2 rings (SSSR count). The third-order valence-corrected chi connectivity index (χ3v) is 4.23. The molecule has 0 saturated carbocycles. The number of piperidine rings is 1. The van der Waals surface area contributed by atoms with Gasteiger partial charge in [-0.05, 0) is 57.9 Å². The predicted molar refractivity (Wildman–Crippen MR) is 65.0 cm³/mol. The molecular weight excluding hydrogens is 184 g/mol. The molecule has 0 aromatic carbocycles. The van der Waals surface area contributed by atoms with Crippen molar-refractivity contribution in [1.29, 1.82) is 0 Å². The Kier molecular flexibility index (Phi) is 4.04. The van der Waals surface area contributed by atoms with Crippen molar-refractivity contribution in [2.75, 3.05) is 6.54 Å². The maximum atomic E-state index is 3.71. The second-order valence-electron chi connectivity index (χ2n) is 5.53. The minimum absolute atomic E-state index is 0.698. The fraction of sp³-hybridized carbons (Fsp3) is 1.00. The van der Waals surface area contributed by atoms with Crippen LogP contribution < -0.4 is 10.6 Å². The van der Waals surface area contributed by atoms with Crippen LogP contribution in [0.2, 0.25) is 0 Å². The van der Waals surface area contributed by atoms with Crippen LogP contribution in [0.3, 0.4) is 0 Å². The predicted octanol–water partition coefficient (Wildman–Crippen LogP) is 2.30. The highest BCUT2D eigenvalue weighted by Crippen LogP contribution is 2.32. The van der Waals surface area contributed by atoms with Crippen LogP contribution >= 0.6 is 0 Å². The molecule has 2 heteroatoms. The Hall–Kier alpha value is -0.0800. The molecule has 2 bridgehead atoms. The Morgan fingerprint density at radius 2 is 1.93 bits per heavy atom. The van der Waals surface area contributed by atoms with Crippen molar-refractivity contribution in [3.8, 4) is 0 Å². The molecule has 15 heavy (non-hydrogen) atoms. The van der Waals surface area contributed by atoms with E-state index in [1.54, 1.807) is 0 Å². The molecule has 0 radical (unpaired) electrons. The first kappa shape index (κ1) is 11.4. The minimum Gasteiger partial charge on any atom is -0.314 e. The van der Waals surface area contributed by atoms with E-state index in [-0.39, 0.29) is 0 Å². The number of nitrogens with one attached hydrogen (secondary N) is 2. The van der Waals surface area contributed by atoms with Gasteiger partial charge in [0.1, 0.15) is 0 Å². The Bertz CT molecular complexity index is 181. The van der Waals surface area contributed by atoms with Gasteiger partial charge < -0.3 is 10.6 Å². The lowest BCUT2D eigenvalue weighted by atomic mass is 9.89. The molecule has 2 aliphatic rings. The van der Waals surface area contributed by atoms with E-state index >= 15 is 0 Å². The average molecular weight is 210 g/mol. The first-order chi connectivity index (χ1) is 7.28. The standard InChI is InChI=1S/C13H26N2/c1-3-10(2)14-7-6-11-8-12-4-5-13(9-11)15-12/h10-15H,3-9H2,1-2H3. The zero-order valence-corrected chi connectivity index (χ0v) is 10.3. The van der Waals surface area contributed by atoms with Crippen LogP contribution in [0, 0.1) is 5.92 Å². The quantitative estimate of drug-likeness (QED) is 0.727. The van der Waals surface area contributed by atoms with Gasteiger partial charge in [0.2, 0.25) is 0 Å². The van der Waals surface area contributed by atoms with Crippen LogP contribution in [0.15, 0.2) is 0 Å². The number of hydrogen-bond donors (Lipinski definition) is 2. The fourth-order valence-corrected chi connectivity index (χ4v) is 3.09. The number of fused-ring (bicyclic) bond motifs is 2. The highest BCUT2D eigenvalue weighted by Gasteiger charge is 2.32. The minimum atomic E-state index is 0.698. The topological polar surface area (TPSA) is 24.1 Å². The molecule has 3 atom stereocenters. The van der Waals surface area contributed by atoms with E-state index < -0.39 is 0 Å². The van der Waals surface area contributed by atoms with Gasteiger partial charge in [0, 0.05) is 18.1 Å². The van der Waals surface area contributed by atoms with Gasteiger partial charge in [-0.1, -0.05) is 6.92 Å². The Morgan fingerprint density at radius 1 is 1.27 bits per heavy atom. The van der Waals surface area contributed by atoms with E-state index in [0.717, 1.165) is 18.0 Å². The summed E-state index contributed by atoms with van der Waals surface area (Å²) < 4.78 is 0. The third-order valence-electron chi connectivity index (χ3n) is 4.23. The molecule has 0 aromatic rings. The van der Waals surface area contributed by atoms with Crippen molar-refractivity contribution in [3.63, 3.8) is 0 Å². The highest BCUT2D eigenvalue weighted by atomic mass is 15.0. The van der Waals surface area contributed by atoms with Gasteiger partial charge in [0.05, 0.1) is 0 Å². The van der Waals surface area contributed by atoms with Crippen molar-refractivity contribution in [1.82, 2.24) is 10.6 Å². The van der Waals surface area contributed by atoms with Crippen molar-refractivity contribution in [2.45, 2.75) is 70.5 Å². The van der Waals surface area contributed by atoms with Crippen molar-refractivity contribution >= 4 is 0 Å².